The van der Waals surface area contributed by atoms with Crippen LogP contribution in [-0.2, 0) is 30.3 Å². The van der Waals surface area contributed by atoms with Crippen molar-refractivity contribution in [3.8, 4) is 11.1 Å². The number of carbonyl (C=O) groups excluding carboxylic acids is 3. The smallest absolute Gasteiger partial charge is 0.326 e. The largest absolute Gasteiger partial charge is 0.480 e. The maximum Gasteiger partial charge on any atom is 0.326 e. The third-order valence-electron chi connectivity index (χ3n) is 6.77. The van der Waals surface area contributed by atoms with Crippen LogP contribution in [0.25, 0.3) is 11.1 Å². The minimum atomic E-state index is -1.35. The van der Waals surface area contributed by atoms with E-state index in [9.17, 15) is 24.3 Å². The van der Waals surface area contributed by atoms with Crippen molar-refractivity contribution in [2.24, 2.45) is 0 Å². The van der Waals surface area contributed by atoms with Crippen LogP contribution in [-0.4, -0.2) is 58.8 Å². The number of amides is 3. The molecule has 11 heteroatoms. The zero-order chi connectivity index (χ0) is 30.2. The number of ether oxygens (including phenoxy) is 2. The van der Waals surface area contributed by atoms with Crippen LogP contribution in [0.1, 0.15) is 15.9 Å². The number of benzene rings is 3. The van der Waals surface area contributed by atoms with Crippen molar-refractivity contribution in [3.05, 3.63) is 115 Å². The van der Waals surface area contributed by atoms with Crippen molar-refractivity contribution < 1.29 is 33.8 Å². The van der Waals surface area contributed by atoms with E-state index >= 15 is 0 Å². The summed E-state index contributed by atoms with van der Waals surface area (Å²) in [5, 5.41) is 17.8. The molecule has 1 saturated heterocycles. The van der Waals surface area contributed by atoms with E-state index in [-0.39, 0.29) is 19.1 Å². The lowest BCUT2D eigenvalue weighted by Gasteiger charge is -2.20. The molecule has 4 aromatic rings. The van der Waals surface area contributed by atoms with Crippen LogP contribution >= 0.6 is 0 Å². The molecular weight excluding hydrogens is 552 g/mol. The number of anilines is 2. The number of aliphatic carboxylic acids is 1. The molecule has 0 aliphatic carbocycles. The molecule has 0 radical (unpaired) electrons. The number of carbonyl (C=O) groups is 4. The van der Waals surface area contributed by atoms with Crippen molar-refractivity contribution in [1.82, 2.24) is 10.3 Å². The van der Waals surface area contributed by atoms with Gasteiger partial charge in [-0.1, -0.05) is 60.7 Å². The highest BCUT2D eigenvalue weighted by Gasteiger charge is 2.42. The highest BCUT2D eigenvalue weighted by Crippen LogP contribution is 2.28. The molecule has 218 valence electrons. The number of pyridine rings is 1. The van der Waals surface area contributed by atoms with Crippen molar-refractivity contribution in [2.45, 2.75) is 24.7 Å². The number of nitrogens with zero attached hydrogens (tertiary/aromatic N) is 1. The summed E-state index contributed by atoms with van der Waals surface area (Å²) in [6.45, 7) is -0.305. The van der Waals surface area contributed by atoms with Gasteiger partial charge < -0.3 is 30.5 Å². The fourth-order valence-corrected chi connectivity index (χ4v) is 4.57. The summed E-state index contributed by atoms with van der Waals surface area (Å²) in [5.74, 6) is -2.97. The molecule has 4 N–H and O–H groups in total. The molecule has 2 heterocycles. The van der Waals surface area contributed by atoms with Gasteiger partial charge in [-0.15, -0.1) is 0 Å². The van der Waals surface area contributed by atoms with E-state index in [2.05, 4.69) is 20.9 Å². The molecule has 1 unspecified atom stereocenters. The van der Waals surface area contributed by atoms with Gasteiger partial charge in [-0.2, -0.15) is 0 Å². The Labute approximate surface area is 246 Å². The molecule has 3 amide bonds. The molecule has 0 bridgehead atoms. The second-order valence-corrected chi connectivity index (χ2v) is 9.68. The summed E-state index contributed by atoms with van der Waals surface area (Å²) in [6, 6.07) is 25.1. The van der Waals surface area contributed by atoms with Crippen molar-refractivity contribution in [1.29, 1.82) is 0 Å². The molecule has 0 spiro atoms. The number of rotatable bonds is 10. The van der Waals surface area contributed by atoms with Gasteiger partial charge in [0.2, 0.25) is 0 Å². The lowest BCUT2D eigenvalue weighted by Crippen LogP contribution is -2.51. The monoisotopic (exact) mass is 580 g/mol. The van der Waals surface area contributed by atoms with Gasteiger partial charge in [-0.3, -0.25) is 19.4 Å². The van der Waals surface area contributed by atoms with Crippen LogP contribution in [0.5, 0.6) is 0 Å². The minimum absolute atomic E-state index is 0.0471. The van der Waals surface area contributed by atoms with Gasteiger partial charge in [-0.25, -0.2) is 4.79 Å². The summed E-state index contributed by atoms with van der Waals surface area (Å²) in [5.41, 5.74) is 3.76. The number of carboxylic acids is 1. The van der Waals surface area contributed by atoms with Gasteiger partial charge >= 0.3 is 5.97 Å². The minimum Gasteiger partial charge on any atom is -0.480 e. The molecule has 3 aromatic carbocycles. The molecule has 1 aromatic heterocycles. The second kappa shape index (κ2) is 13.5. The topological polar surface area (TPSA) is 156 Å². The Hall–Kier alpha value is -5.39. The molecule has 1 aliphatic rings. The molecule has 1 aliphatic heterocycles. The Bertz CT molecular complexity index is 1600. The van der Waals surface area contributed by atoms with Crippen LogP contribution in [0.15, 0.2) is 103 Å². The predicted octanol–water partition coefficient (Wildman–Crippen LogP) is 3.49. The molecule has 43 heavy (non-hydrogen) atoms. The SMILES string of the molecule is O=C(Nc1ccc(CC(NC(=O)[C@@H]2OCO[C@H]2C(=O)Nc2ccccc2-c2ccccc2)C(=O)O)cc1)c1ccncc1. The highest BCUT2D eigenvalue weighted by atomic mass is 16.7. The number of hydrogen-bond acceptors (Lipinski definition) is 7. The first-order chi connectivity index (χ1) is 20.9. The fourth-order valence-electron chi connectivity index (χ4n) is 4.57. The van der Waals surface area contributed by atoms with Crippen LogP contribution in [0.3, 0.4) is 0 Å². The number of carboxylic acid groups (broad SMARTS) is 1. The number of para-hydroxylation sites is 1. The number of aromatic nitrogens is 1. The van der Waals surface area contributed by atoms with Crippen LogP contribution < -0.4 is 16.0 Å². The van der Waals surface area contributed by atoms with E-state index in [0.717, 1.165) is 11.1 Å². The first-order valence-electron chi connectivity index (χ1n) is 13.4. The summed E-state index contributed by atoms with van der Waals surface area (Å²) in [6.07, 6.45) is 0.342. The van der Waals surface area contributed by atoms with Gasteiger partial charge in [0.25, 0.3) is 17.7 Å². The number of hydrogen-bond donors (Lipinski definition) is 4. The Kier molecular flexibility index (Phi) is 9.15. The van der Waals surface area contributed by atoms with E-state index in [1.54, 1.807) is 48.5 Å². The molecule has 3 atom stereocenters. The Morgan fingerprint density at radius 1 is 0.791 bits per heavy atom. The average Bonchev–Trinajstić information content (AvgIpc) is 3.53. The van der Waals surface area contributed by atoms with Gasteiger partial charge in [0, 0.05) is 41.3 Å². The van der Waals surface area contributed by atoms with E-state index in [0.29, 0.717) is 22.5 Å². The van der Waals surface area contributed by atoms with Crippen LogP contribution in [0, 0.1) is 0 Å². The summed E-state index contributed by atoms with van der Waals surface area (Å²) >= 11 is 0. The zero-order valence-corrected chi connectivity index (χ0v) is 22.8. The molecule has 5 rings (SSSR count). The van der Waals surface area contributed by atoms with Crippen LogP contribution in [0.4, 0.5) is 11.4 Å². The van der Waals surface area contributed by atoms with E-state index in [1.165, 1.54) is 12.4 Å². The zero-order valence-electron chi connectivity index (χ0n) is 22.8. The van der Waals surface area contributed by atoms with E-state index in [1.807, 2.05) is 42.5 Å². The maximum absolute atomic E-state index is 13.2. The summed E-state index contributed by atoms with van der Waals surface area (Å²) in [4.78, 5) is 54.5. The molecule has 11 nitrogen and oxygen atoms in total. The van der Waals surface area contributed by atoms with Gasteiger partial charge in [0.05, 0.1) is 0 Å². The van der Waals surface area contributed by atoms with Crippen molar-refractivity contribution in [3.63, 3.8) is 0 Å². The van der Waals surface area contributed by atoms with Crippen molar-refractivity contribution >= 4 is 35.1 Å². The normalized spacial score (nSPS) is 16.6. The molecule has 1 fully saturated rings. The average molecular weight is 581 g/mol. The van der Waals surface area contributed by atoms with E-state index in [4.69, 9.17) is 9.47 Å². The predicted molar refractivity (Wildman–Crippen MR) is 157 cm³/mol. The first-order valence-corrected chi connectivity index (χ1v) is 13.4. The third-order valence-corrected chi connectivity index (χ3v) is 6.77. The lowest BCUT2D eigenvalue weighted by atomic mass is 10.0. The highest BCUT2D eigenvalue weighted by molar-refractivity contribution is 6.04. The lowest BCUT2D eigenvalue weighted by molar-refractivity contribution is -0.144. The maximum atomic E-state index is 13.2. The third kappa shape index (κ3) is 7.28. The first kappa shape index (κ1) is 29.1. The summed E-state index contributed by atoms with van der Waals surface area (Å²) in [7, 11) is 0. The Morgan fingerprint density at radius 2 is 1.44 bits per heavy atom. The fraction of sp³-hybridized carbons (Fsp3) is 0.156. The van der Waals surface area contributed by atoms with Gasteiger partial charge in [-0.05, 0) is 41.5 Å². The number of nitrogens with one attached hydrogen (secondary N) is 3. The second-order valence-electron chi connectivity index (χ2n) is 9.68. The standard InChI is InChI=1S/C32H28N4O7/c37-29(22-14-16-33-17-15-22)34-23-12-10-20(11-13-23)18-26(32(40)41)36-31(39)28-27(42-19-43-28)30(38)35-25-9-5-4-8-24(25)21-6-2-1-3-7-21/h1-17,26-28H,18-19H2,(H,34,37)(H,35,38)(H,36,39)(H,40,41)/t26?,27-,28-/m1/s1. The van der Waals surface area contributed by atoms with Crippen LogP contribution in [0.2, 0.25) is 0 Å². The van der Waals surface area contributed by atoms with E-state index < -0.39 is 36.0 Å². The molecular formula is C32H28N4O7. The van der Waals surface area contributed by atoms with Crippen molar-refractivity contribution in [2.75, 3.05) is 17.4 Å². The van der Waals surface area contributed by atoms with Gasteiger partial charge in [0.15, 0.2) is 12.2 Å². The van der Waals surface area contributed by atoms with Gasteiger partial charge in [0.1, 0.15) is 12.8 Å². The molecule has 0 saturated carbocycles. The Morgan fingerprint density at radius 3 is 2.14 bits per heavy atom. The quantitative estimate of drug-likeness (QED) is 0.222. The summed E-state index contributed by atoms with van der Waals surface area (Å²) < 4.78 is 10.8. The Balaban J connectivity index is 1.21.